The lowest BCUT2D eigenvalue weighted by Crippen LogP contribution is -2.14. The topological polar surface area (TPSA) is 94.3 Å². The molecule has 3 N–H and O–H groups in total. The summed E-state index contributed by atoms with van der Waals surface area (Å²) in [7, 11) is 1.32. The third kappa shape index (κ3) is 3.36. The molecule has 1 aromatic carbocycles. The van der Waals surface area contributed by atoms with Gasteiger partial charge < -0.3 is 15.8 Å². The summed E-state index contributed by atoms with van der Waals surface area (Å²) in [5.41, 5.74) is 8.06. The second-order valence-corrected chi connectivity index (χ2v) is 4.45. The lowest BCUT2D eigenvalue weighted by molar-refractivity contribution is 0.0600. The summed E-state index contributed by atoms with van der Waals surface area (Å²) in [5.74, 6) is -0.764. The van der Waals surface area contributed by atoms with Crippen LogP contribution in [-0.4, -0.2) is 24.0 Å². The van der Waals surface area contributed by atoms with Crippen LogP contribution in [0.25, 0.3) is 0 Å². The van der Waals surface area contributed by atoms with Gasteiger partial charge in [0.05, 0.1) is 24.6 Å². The zero-order valence-corrected chi connectivity index (χ0v) is 11.7. The van der Waals surface area contributed by atoms with E-state index in [0.29, 0.717) is 16.9 Å². The van der Waals surface area contributed by atoms with E-state index < -0.39 is 5.97 Å². The van der Waals surface area contributed by atoms with Crippen LogP contribution in [0, 0.1) is 6.92 Å². The van der Waals surface area contributed by atoms with Crippen LogP contribution in [0.4, 0.5) is 11.4 Å². The number of nitrogen functional groups attached to an aromatic ring is 1. The van der Waals surface area contributed by atoms with Crippen LogP contribution in [0.5, 0.6) is 0 Å². The molecule has 0 bridgehead atoms. The first-order valence-electron chi connectivity index (χ1n) is 6.23. The van der Waals surface area contributed by atoms with Gasteiger partial charge in [-0.25, -0.2) is 9.78 Å². The average Bonchev–Trinajstić information content (AvgIpc) is 2.49. The van der Waals surface area contributed by atoms with Gasteiger partial charge in [0, 0.05) is 5.69 Å². The van der Waals surface area contributed by atoms with Crippen LogP contribution in [0.2, 0.25) is 0 Å². The van der Waals surface area contributed by atoms with Crippen molar-refractivity contribution in [2.45, 2.75) is 6.92 Å². The van der Waals surface area contributed by atoms with E-state index in [9.17, 15) is 9.59 Å². The van der Waals surface area contributed by atoms with E-state index in [1.165, 1.54) is 13.3 Å². The van der Waals surface area contributed by atoms with Crippen molar-refractivity contribution in [2.24, 2.45) is 0 Å². The maximum atomic E-state index is 12.0. The minimum absolute atomic E-state index is 0.264. The van der Waals surface area contributed by atoms with Crippen molar-refractivity contribution in [1.82, 2.24) is 4.98 Å². The number of pyridine rings is 1. The Kier molecular flexibility index (Phi) is 4.18. The van der Waals surface area contributed by atoms with Crippen molar-refractivity contribution in [3.63, 3.8) is 0 Å². The van der Waals surface area contributed by atoms with Gasteiger partial charge in [0.1, 0.15) is 5.69 Å². The lowest BCUT2D eigenvalue weighted by atomic mass is 10.1. The van der Waals surface area contributed by atoms with Gasteiger partial charge >= 0.3 is 5.97 Å². The molecule has 0 radical (unpaired) electrons. The van der Waals surface area contributed by atoms with Crippen molar-refractivity contribution in [1.29, 1.82) is 0 Å². The highest BCUT2D eigenvalue weighted by molar-refractivity contribution is 6.03. The van der Waals surface area contributed by atoms with Gasteiger partial charge in [0.15, 0.2) is 0 Å². The van der Waals surface area contributed by atoms with Crippen LogP contribution in [0.3, 0.4) is 0 Å². The number of amides is 1. The summed E-state index contributed by atoms with van der Waals surface area (Å²) in [5, 5.41) is 2.74. The average molecular weight is 285 g/mol. The van der Waals surface area contributed by atoms with Crippen molar-refractivity contribution in [3.05, 3.63) is 53.3 Å². The van der Waals surface area contributed by atoms with Crippen molar-refractivity contribution >= 4 is 23.3 Å². The molecule has 1 amide bonds. The molecule has 2 rings (SSSR count). The molecule has 0 aliphatic heterocycles. The number of aryl methyl sites for hydroxylation is 1. The quantitative estimate of drug-likeness (QED) is 0.841. The maximum Gasteiger partial charge on any atom is 0.337 e. The van der Waals surface area contributed by atoms with E-state index in [0.717, 1.165) is 5.56 Å². The second kappa shape index (κ2) is 6.04. The number of benzene rings is 1. The van der Waals surface area contributed by atoms with E-state index in [4.69, 9.17) is 5.73 Å². The number of nitrogens with zero attached hydrogens (tertiary/aromatic N) is 1. The summed E-state index contributed by atoms with van der Waals surface area (Å²) in [6.45, 7) is 1.79. The number of ether oxygens (including phenoxy) is 1. The Balaban J connectivity index is 2.18. The molecule has 1 heterocycles. The Bertz CT molecular complexity index is 681. The van der Waals surface area contributed by atoms with Crippen molar-refractivity contribution in [2.75, 3.05) is 18.2 Å². The van der Waals surface area contributed by atoms with E-state index in [-0.39, 0.29) is 11.6 Å². The molecule has 0 saturated carbocycles. The number of nitrogens with two attached hydrogens (primary N) is 1. The van der Waals surface area contributed by atoms with Gasteiger partial charge in [0.25, 0.3) is 5.91 Å². The number of hydrogen-bond acceptors (Lipinski definition) is 5. The van der Waals surface area contributed by atoms with Crippen molar-refractivity contribution < 1.29 is 14.3 Å². The molecular weight excluding hydrogens is 270 g/mol. The minimum atomic E-state index is -0.420. The second-order valence-electron chi connectivity index (χ2n) is 4.45. The van der Waals surface area contributed by atoms with Crippen LogP contribution in [0.15, 0.2) is 36.5 Å². The number of nitrogens with one attached hydrogen (secondary N) is 1. The van der Waals surface area contributed by atoms with Gasteiger partial charge in [-0.3, -0.25) is 4.79 Å². The van der Waals surface area contributed by atoms with E-state index in [2.05, 4.69) is 15.0 Å². The van der Waals surface area contributed by atoms with Gasteiger partial charge in [-0.2, -0.15) is 0 Å². The number of carbonyl (C=O) groups is 2. The minimum Gasteiger partial charge on any atom is -0.465 e. The molecule has 0 atom stereocenters. The summed E-state index contributed by atoms with van der Waals surface area (Å²) in [6, 6.07) is 8.04. The SMILES string of the molecule is COC(=O)c1ccc(NC(=O)c2ccc(N)cn2)c(C)c1. The van der Waals surface area contributed by atoms with E-state index >= 15 is 0 Å². The molecule has 0 fully saturated rings. The highest BCUT2D eigenvalue weighted by Gasteiger charge is 2.11. The maximum absolute atomic E-state index is 12.0. The zero-order chi connectivity index (χ0) is 15.4. The number of hydrogen-bond donors (Lipinski definition) is 2. The van der Waals surface area contributed by atoms with Crippen LogP contribution >= 0.6 is 0 Å². The molecule has 0 aliphatic rings. The number of anilines is 2. The standard InChI is InChI=1S/C15H15N3O3/c1-9-7-10(15(20)21-2)3-5-12(9)18-14(19)13-6-4-11(16)8-17-13/h3-8H,16H2,1-2H3,(H,18,19). The molecule has 1 aromatic heterocycles. The number of esters is 1. The third-order valence-electron chi connectivity index (χ3n) is 2.91. The van der Waals surface area contributed by atoms with Crippen LogP contribution in [-0.2, 0) is 4.74 Å². The van der Waals surface area contributed by atoms with Gasteiger partial charge in [0.2, 0.25) is 0 Å². The number of aromatic nitrogens is 1. The van der Waals surface area contributed by atoms with Gasteiger partial charge in [-0.15, -0.1) is 0 Å². The highest BCUT2D eigenvalue weighted by atomic mass is 16.5. The summed E-state index contributed by atoms with van der Waals surface area (Å²) in [4.78, 5) is 27.4. The van der Waals surface area contributed by atoms with Gasteiger partial charge in [-0.05, 0) is 42.8 Å². The fourth-order valence-electron chi connectivity index (χ4n) is 1.77. The Hall–Kier alpha value is -2.89. The largest absolute Gasteiger partial charge is 0.465 e. The summed E-state index contributed by atoms with van der Waals surface area (Å²) < 4.78 is 4.64. The first-order valence-corrected chi connectivity index (χ1v) is 6.23. The first-order chi connectivity index (χ1) is 10.0. The fraction of sp³-hybridized carbons (Fsp3) is 0.133. The number of methoxy groups -OCH3 is 1. The molecular formula is C15H15N3O3. The lowest BCUT2D eigenvalue weighted by Gasteiger charge is -2.09. The monoisotopic (exact) mass is 285 g/mol. The van der Waals surface area contributed by atoms with Crippen molar-refractivity contribution in [3.8, 4) is 0 Å². The Morgan fingerprint density at radius 1 is 1.24 bits per heavy atom. The first kappa shape index (κ1) is 14.5. The molecule has 2 aromatic rings. The Labute approximate surface area is 121 Å². The molecule has 6 nitrogen and oxygen atoms in total. The summed E-state index contributed by atoms with van der Waals surface area (Å²) in [6.07, 6.45) is 1.42. The fourth-order valence-corrected chi connectivity index (χ4v) is 1.77. The van der Waals surface area contributed by atoms with Crippen LogP contribution in [0.1, 0.15) is 26.4 Å². The molecule has 0 saturated heterocycles. The Morgan fingerprint density at radius 2 is 2.00 bits per heavy atom. The molecule has 6 heteroatoms. The predicted octanol–water partition coefficient (Wildman–Crippen LogP) is 2.01. The predicted molar refractivity (Wildman–Crippen MR) is 79.1 cm³/mol. The Morgan fingerprint density at radius 3 is 2.57 bits per heavy atom. The molecule has 108 valence electrons. The van der Waals surface area contributed by atoms with Gasteiger partial charge in [-0.1, -0.05) is 0 Å². The smallest absolute Gasteiger partial charge is 0.337 e. The molecule has 0 unspecified atom stereocenters. The molecule has 0 spiro atoms. The van der Waals surface area contributed by atoms with Crippen LogP contribution < -0.4 is 11.1 Å². The third-order valence-corrected chi connectivity index (χ3v) is 2.91. The highest BCUT2D eigenvalue weighted by Crippen LogP contribution is 2.18. The van der Waals surface area contributed by atoms with E-state index in [1.807, 2.05) is 0 Å². The summed E-state index contributed by atoms with van der Waals surface area (Å²) >= 11 is 0. The number of rotatable bonds is 3. The molecule has 21 heavy (non-hydrogen) atoms. The normalized spacial score (nSPS) is 10.0. The number of carbonyl (C=O) groups excluding carboxylic acids is 2. The zero-order valence-electron chi connectivity index (χ0n) is 11.7. The van der Waals surface area contributed by atoms with E-state index in [1.54, 1.807) is 37.3 Å². The molecule has 0 aliphatic carbocycles.